The highest BCUT2D eigenvalue weighted by atomic mass is 79.9. The van der Waals surface area contributed by atoms with E-state index in [1.807, 2.05) is 11.4 Å². The number of thiophene rings is 1. The summed E-state index contributed by atoms with van der Waals surface area (Å²) in [6, 6.07) is 8.59. The van der Waals surface area contributed by atoms with Crippen molar-refractivity contribution in [3.63, 3.8) is 0 Å². The van der Waals surface area contributed by atoms with Crippen molar-refractivity contribution in [1.82, 2.24) is 0 Å². The first-order valence-electron chi connectivity index (χ1n) is 5.70. The van der Waals surface area contributed by atoms with Crippen LogP contribution in [-0.4, -0.2) is 11.8 Å². The maximum Gasteiger partial charge on any atom is 0.123 e. The Bertz CT molecular complexity index is 552. The lowest BCUT2D eigenvalue weighted by molar-refractivity contribution is 0.532. The Kier molecular flexibility index (Phi) is 5.29. The number of hydrogen-bond donors (Lipinski definition) is 0. The van der Waals surface area contributed by atoms with Crippen LogP contribution in [0.25, 0.3) is 0 Å². The van der Waals surface area contributed by atoms with Crippen molar-refractivity contribution in [3.8, 4) is 0 Å². The predicted molar refractivity (Wildman–Crippen MR) is 85.2 cm³/mol. The first-order valence-corrected chi connectivity index (χ1v) is 8.45. The average Bonchev–Trinajstić information content (AvgIpc) is 2.81. The lowest BCUT2D eigenvalue weighted by Gasteiger charge is -2.29. The molecule has 2 aromatic rings. The maximum absolute atomic E-state index is 13.4. The third-order valence-corrected chi connectivity index (χ3v) is 5.80. The third-order valence-electron chi connectivity index (χ3n) is 3.08. The van der Waals surface area contributed by atoms with Crippen LogP contribution in [-0.2, 0) is 11.8 Å². The molecule has 1 heterocycles. The second kappa shape index (κ2) is 6.57. The molecule has 0 aliphatic heterocycles. The van der Waals surface area contributed by atoms with Gasteiger partial charge in [-0.2, -0.15) is 0 Å². The summed E-state index contributed by atoms with van der Waals surface area (Å²) in [4.78, 5) is 1.18. The SMILES string of the molecule is Fc1cccc(C(CCl)(CCl)Cc2cc(Br)cs2)c1. The summed E-state index contributed by atoms with van der Waals surface area (Å²) in [5.74, 6) is 0.453. The van der Waals surface area contributed by atoms with E-state index in [2.05, 4.69) is 22.0 Å². The first kappa shape index (κ1) is 15.3. The fraction of sp³-hybridized carbons (Fsp3) is 0.286. The molecular weight excluding hydrogens is 370 g/mol. The minimum absolute atomic E-state index is 0.260. The fourth-order valence-corrected chi connectivity index (χ4v) is 4.36. The van der Waals surface area contributed by atoms with Crippen molar-refractivity contribution < 1.29 is 4.39 Å². The van der Waals surface area contributed by atoms with Gasteiger partial charge in [0.1, 0.15) is 5.82 Å². The second-order valence-corrected chi connectivity index (χ2v) is 6.91. The molecule has 0 saturated heterocycles. The van der Waals surface area contributed by atoms with Gasteiger partial charge in [0, 0.05) is 31.9 Å². The minimum Gasteiger partial charge on any atom is -0.207 e. The summed E-state index contributed by atoms with van der Waals surface area (Å²) in [6.45, 7) is 0. The van der Waals surface area contributed by atoms with Crippen molar-refractivity contribution in [2.75, 3.05) is 11.8 Å². The number of hydrogen-bond acceptors (Lipinski definition) is 1. The first-order chi connectivity index (χ1) is 9.09. The van der Waals surface area contributed by atoms with Gasteiger partial charge in [0.25, 0.3) is 0 Å². The average molecular weight is 382 g/mol. The van der Waals surface area contributed by atoms with E-state index in [0.29, 0.717) is 18.2 Å². The summed E-state index contributed by atoms with van der Waals surface area (Å²) >= 11 is 17.4. The summed E-state index contributed by atoms with van der Waals surface area (Å²) in [6.07, 6.45) is 0.708. The molecule has 0 nitrogen and oxygen atoms in total. The van der Waals surface area contributed by atoms with E-state index in [1.54, 1.807) is 17.4 Å². The van der Waals surface area contributed by atoms with Gasteiger partial charge < -0.3 is 0 Å². The van der Waals surface area contributed by atoms with Gasteiger partial charge in [-0.3, -0.25) is 0 Å². The van der Waals surface area contributed by atoms with Crippen molar-refractivity contribution >= 4 is 50.5 Å². The van der Waals surface area contributed by atoms with Crippen molar-refractivity contribution in [2.24, 2.45) is 0 Å². The van der Waals surface area contributed by atoms with Crippen molar-refractivity contribution in [1.29, 1.82) is 0 Å². The Balaban J connectivity index is 2.37. The van der Waals surface area contributed by atoms with E-state index in [9.17, 15) is 4.39 Å². The summed E-state index contributed by atoms with van der Waals surface area (Å²) in [7, 11) is 0. The van der Waals surface area contributed by atoms with Crippen LogP contribution >= 0.6 is 50.5 Å². The van der Waals surface area contributed by atoms with Crippen LogP contribution in [0.15, 0.2) is 40.2 Å². The molecule has 1 aromatic heterocycles. The van der Waals surface area contributed by atoms with Crippen LogP contribution in [0.5, 0.6) is 0 Å². The van der Waals surface area contributed by atoms with Crippen LogP contribution in [0.2, 0.25) is 0 Å². The van der Waals surface area contributed by atoms with Crippen molar-refractivity contribution in [2.45, 2.75) is 11.8 Å². The van der Waals surface area contributed by atoms with Crippen molar-refractivity contribution in [3.05, 3.63) is 56.4 Å². The Labute approximate surface area is 134 Å². The standard InChI is InChI=1S/C14H12BrCl2FS/c15-11-5-13(19-7-11)6-14(8-16,9-17)10-2-1-3-12(18)4-10/h1-5,7H,6,8-9H2. The largest absolute Gasteiger partial charge is 0.207 e. The molecule has 0 radical (unpaired) electrons. The fourth-order valence-electron chi connectivity index (χ4n) is 1.98. The second-order valence-electron chi connectivity index (χ2n) is 4.47. The van der Waals surface area contributed by atoms with E-state index in [0.717, 1.165) is 10.0 Å². The van der Waals surface area contributed by atoms with Crippen LogP contribution in [0.1, 0.15) is 10.4 Å². The maximum atomic E-state index is 13.4. The molecule has 19 heavy (non-hydrogen) atoms. The van der Waals surface area contributed by atoms with Crippen LogP contribution < -0.4 is 0 Å². The molecule has 0 fully saturated rings. The lowest BCUT2D eigenvalue weighted by atomic mass is 9.80. The lowest BCUT2D eigenvalue weighted by Crippen LogP contribution is -2.33. The Morgan fingerprint density at radius 2 is 1.95 bits per heavy atom. The molecule has 0 aliphatic carbocycles. The highest BCUT2D eigenvalue weighted by Crippen LogP contribution is 2.34. The van der Waals surface area contributed by atoms with E-state index in [-0.39, 0.29) is 5.82 Å². The van der Waals surface area contributed by atoms with E-state index >= 15 is 0 Å². The quantitative estimate of drug-likeness (QED) is 0.590. The summed E-state index contributed by atoms with van der Waals surface area (Å²) in [5.41, 5.74) is 0.414. The smallest absolute Gasteiger partial charge is 0.123 e. The summed E-state index contributed by atoms with van der Waals surface area (Å²) < 4.78 is 14.5. The highest BCUT2D eigenvalue weighted by molar-refractivity contribution is 9.10. The topological polar surface area (TPSA) is 0 Å². The molecule has 0 bridgehead atoms. The van der Waals surface area contributed by atoms with Crippen LogP contribution in [0, 0.1) is 5.82 Å². The molecule has 0 atom stereocenters. The molecule has 5 heteroatoms. The highest BCUT2D eigenvalue weighted by Gasteiger charge is 2.32. The van der Waals surface area contributed by atoms with Gasteiger partial charge in [0.05, 0.1) is 0 Å². The number of benzene rings is 1. The molecule has 1 aromatic carbocycles. The Morgan fingerprint density at radius 3 is 2.47 bits per heavy atom. The van der Waals surface area contributed by atoms with Gasteiger partial charge >= 0.3 is 0 Å². The van der Waals surface area contributed by atoms with E-state index in [4.69, 9.17) is 23.2 Å². The van der Waals surface area contributed by atoms with Gasteiger partial charge in [0.15, 0.2) is 0 Å². The normalized spacial score (nSPS) is 11.8. The Hall–Kier alpha value is -0.0900. The van der Waals surface area contributed by atoms with E-state index < -0.39 is 5.41 Å². The molecule has 0 unspecified atom stereocenters. The molecule has 0 spiro atoms. The zero-order valence-corrected chi connectivity index (χ0v) is 13.9. The summed E-state index contributed by atoms with van der Waals surface area (Å²) in [5, 5.41) is 2.02. The molecule has 0 amide bonds. The van der Waals surface area contributed by atoms with Crippen LogP contribution in [0.3, 0.4) is 0 Å². The van der Waals surface area contributed by atoms with Gasteiger partial charge in [0.2, 0.25) is 0 Å². The predicted octanol–water partition coefficient (Wildman–Crippen LogP) is 5.61. The molecule has 0 N–H and O–H groups in total. The zero-order chi connectivity index (χ0) is 13.9. The molecule has 2 rings (SSSR count). The minimum atomic E-state index is -0.435. The van der Waals surface area contributed by atoms with Gasteiger partial charge in [-0.1, -0.05) is 12.1 Å². The molecule has 102 valence electrons. The monoisotopic (exact) mass is 380 g/mol. The van der Waals surface area contributed by atoms with Crippen LogP contribution in [0.4, 0.5) is 4.39 Å². The molecule has 0 aliphatic rings. The third kappa shape index (κ3) is 3.52. The molecule has 0 saturated carbocycles. The number of halogens is 4. The van der Waals surface area contributed by atoms with E-state index in [1.165, 1.54) is 17.0 Å². The van der Waals surface area contributed by atoms with Gasteiger partial charge in [-0.05, 0) is 46.1 Å². The van der Waals surface area contributed by atoms with Gasteiger partial charge in [-0.25, -0.2) is 4.39 Å². The van der Waals surface area contributed by atoms with Gasteiger partial charge in [-0.15, -0.1) is 34.5 Å². The molecular formula is C14H12BrCl2FS. The number of rotatable bonds is 5. The Morgan fingerprint density at radius 1 is 1.21 bits per heavy atom. The number of alkyl halides is 2. The zero-order valence-electron chi connectivity index (χ0n) is 10.0.